The maximum absolute atomic E-state index is 13.2. The summed E-state index contributed by atoms with van der Waals surface area (Å²) in [6.07, 6.45) is -8.17. The van der Waals surface area contributed by atoms with Gasteiger partial charge in [-0.05, 0) is 31.9 Å². The number of carboxylic acid groups (broad SMARTS) is 3. The van der Waals surface area contributed by atoms with Crippen LogP contribution in [-0.4, -0.2) is 115 Å². The maximum atomic E-state index is 13.2. The van der Waals surface area contributed by atoms with E-state index in [0.29, 0.717) is 17.0 Å². The van der Waals surface area contributed by atoms with Gasteiger partial charge in [-0.15, -0.1) is 0 Å². The quantitative estimate of drug-likeness (QED) is 0.0681. The van der Waals surface area contributed by atoms with Gasteiger partial charge in [-0.3, -0.25) is 10.2 Å². The van der Waals surface area contributed by atoms with Gasteiger partial charge in [-0.2, -0.15) is 39.5 Å². The molecule has 2 unspecified atom stereocenters. The van der Waals surface area contributed by atoms with Gasteiger partial charge in [0.25, 0.3) is 5.91 Å². The summed E-state index contributed by atoms with van der Waals surface area (Å²) >= 11 is 0. The fourth-order valence-electron chi connectivity index (χ4n) is 4.48. The highest BCUT2D eigenvalue weighted by Crippen LogP contribution is 2.27. The first-order chi connectivity index (χ1) is 26.2. The molecule has 0 radical (unpaired) electrons. The van der Waals surface area contributed by atoms with Crippen molar-refractivity contribution in [3.8, 4) is 0 Å². The molecule has 1 aliphatic carbocycles. The molecule has 57 heavy (non-hydrogen) atoms. The molecule has 1 amide bonds. The summed E-state index contributed by atoms with van der Waals surface area (Å²) in [5.41, 5.74) is 7.83. The number of anilines is 1. The molecule has 0 saturated heterocycles. The number of benzene rings is 1. The average molecular weight is 836 g/mol. The Morgan fingerprint density at radius 3 is 1.86 bits per heavy atom. The summed E-state index contributed by atoms with van der Waals surface area (Å²) in [6.45, 7) is 1.97. The van der Waals surface area contributed by atoms with E-state index in [1.807, 2.05) is 25.1 Å². The first-order valence-corrected chi connectivity index (χ1v) is 15.6. The van der Waals surface area contributed by atoms with Crippen molar-refractivity contribution in [1.29, 1.82) is 5.41 Å². The number of hydrogen-bond donors (Lipinski definition) is 9. The second-order valence-corrected chi connectivity index (χ2v) is 11.3. The number of halogens is 9. The van der Waals surface area contributed by atoms with Gasteiger partial charge in [0.15, 0.2) is 5.96 Å². The zero-order valence-electron chi connectivity index (χ0n) is 29.3. The van der Waals surface area contributed by atoms with Crippen LogP contribution in [0.3, 0.4) is 0 Å². The van der Waals surface area contributed by atoms with Crippen LogP contribution in [0.15, 0.2) is 30.7 Å². The number of imidazole rings is 1. The number of methoxy groups -OCH3 is 1. The second kappa shape index (κ2) is 21.0. The van der Waals surface area contributed by atoms with Gasteiger partial charge in [0, 0.05) is 30.1 Å². The number of nitrogens with one attached hydrogen (secondary N) is 5. The van der Waals surface area contributed by atoms with Crippen LogP contribution < -0.4 is 21.7 Å². The van der Waals surface area contributed by atoms with Gasteiger partial charge in [0.05, 0.1) is 24.6 Å². The van der Waals surface area contributed by atoms with Crippen LogP contribution in [-0.2, 0) is 30.3 Å². The lowest BCUT2D eigenvalue weighted by Crippen LogP contribution is -2.50. The molecule has 0 spiro atoms. The van der Waals surface area contributed by atoms with E-state index in [4.69, 9.17) is 45.6 Å². The number of nitrogens with two attached hydrogens (primary N) is 1. The Morgan fingerprint density at radius 2 is 1.42 bits per heavy atom. The van der Waals surface area contributed by atoms with Crippen LogP contribution in [0.5, 0.6) is 0 Å². The van der Waals surface area contributed by atoms with Crippen LogP contribution >= 0.6 is 0 Å². The SMILES string of the molecule is COC(=O)[C@H](Cc1c[nH]cn1)NC(=O)c1nc(NC2CCCCC2NC(=N)N)c2cc(C)ccc2n1.O=C(O)C(F)(F)F.O=C(O)C(F)(F)F.O=C(O)C(F)(F)F. The number of carbonyl (C=O) groups excluding carboxylic acids is 2. The lowest BCUT2D eigenvalue weighted by Gasteiger charge is -2.33. The molecule has 1 aliphatic rings. The van der Waals surface area contributed by atoms with Gasteiger partial charge in [-0.1, -0.05) is 24.5 Å². The summed E-state index contributed by atoms with van der Waals surface area (Å²) in [4.78, 5) is 68.2. The number of aromatic amines is 1. The van der Waals surface area contributed by atoms with E-state index >= 15 is 0 Å². The largest absolute Gasteiger partial charge is 0.490 e. The number of ether oxygens (including phenoxy) is 1. The smallest absolute Gasteiger partial charge is 0.475 e. The number of fused-ring (bicyclic) bond motifs is 1. The molecule has 2 heterocycles. The minimum absolute atomic E-state index is 0.0408. The van der Waals surface area contributed by atoms with Crippen LogP contribution in [0.25, 0.3) is 10.9 Å². The highest BCUT2D eigenvalue weighted by atomic mass is 19.4. The number of amides is 1. The first kappa shape index (κ1) is 48.6. The van der Waals surface area contributed by atoms with Crippen molar-refractivity contribution in [2.45, 2.75) is 75.7 Å². The highest BCUT2D eigenvalue weighted by Gasteiger charge is 2.39. The molecule has 0 aliphatic heterocycles. The molecule has 1 saturated carbocycles. The topological polar surface area (TPSA) is 296 Å². The van der Waals surface area contributed by atoms with E-state index in [-0.39, 0.29) is 30.3 Å². The molecule has 3 aromatic rings. The molecular weight excluding hydrogens is 801 g/mol. The molecule has 10 N–H and O–H groups in total. The summed E-state index contributed by atoms with van der Waals surface area (Å²) < 4.78 is 100. The van der Waals surface area contributed by atoms with Gasteiger partial charge in [-0.25, -0.2) is 34.1 Å². The average Bonchev–Trinajstić information content (AvgIpc) is 3.61. The molecule has 1 fully saturated rings. The number of guanidine groups is 1. The predicted molar refractivity (Wildman–Crippen MR) is 176 cm³/mol. The van der Waals surface area contributed by atoms with Crippen molar-refractivity contribution in [2.24, 2.45) is 5.73 Å². The Kier molecular flexibility index (Phi) is 17.9. The zero-order valence-corrected chi connectivity index (χ0v) is 29.3. The fourth-order valence-corrected chi connectivity index (χ4v) is 4.48. The molecule has 1 aromatic carbocycles. The van der Waals surface area contributed by atoms with Crippen LogP contribution in [0.1, 0.15) is 47.6 Å². The van der Waals surface area contributed by atoms with Crippen LogP contribution in [0.2, 0.25) is 0 Å². The van der Waals surface area contributed by atoms with Crippen molar-refractivity contribution in [3.05, 3.63) is 47.8 Å². The van der Waals surface area contributed by atoms with Gasteiger partial charge in [0.1, 0.15) is 11.9 Å². The molecule has 2 aromatic heterocycles. The van der Waals surface area contributed by atoms with Crippen molar-refractivity contribution in [3.63, 3.8) is 0 Å². The lowest BCUT2D eigenvalue weighted by atomic mass is 9.90. The third-order valence-corrected chi connectivity index (χ3v) is 6.97. The standard InChI is InChI=1S/C24H31N9O3.3C2HF3O2/c1-13-7-8-16-15(9-13)20(30-17-5-3-4-6-18(17)32-24(25)26)33-21(29-16)22(34)31-19(23(35)36-2)10-14-11-27-12-28-14;3*3-2(4,5)1(6)7/h7-9,11-12,17-19H,3-6,10H2,1-2H3,(H,27,28)(H,31,34)(H4,25,26,32)(H,29,30,33);3*(H,6,7)/t17?,18?,19-;;;/m0.../s1. The minimum atomic E-state index is -5.08. The Hall–Kier alpha value is -6.44. The number of aromatic nitrogens is 4. The zero-order chi connectivity index (χ0) is 43.9. The van der Waals surface area contributed by atoms with Crippen molar-refractivity contribution >= 4 is 52.5 Å². The number of nitrogens with zero attached hydrogens (tertiary/aromatic N) is 3. The Balaban J connectivity index is 0.000000632. The molecule has 316 valence electrons. The summed E-state index contributed by atoms with van der Waals surface area (Å²) in [7, 11) is 1.26. The highest BCUT2D eigenvalue weighted by molar-refractivity contribution is 5.98. The molecule has 0 bridgehead atoms. The summed E-state index contributed by atoms with van der Waals surface area (Å²) in [5.74, 6) is -9.11. The first-order valence-electron chi connectivity index (χ1n) is 15.6. The van der Waals surface area contributed by atoms with E-state index in [2.05, 4.69) is 35.9 Å². The maximum Gasteiger partial charge on any atom is 0.490 e. The number of alkyl halides is 9. The number of hydrogen-bond acceptors (Lipinski definition) is 11. The second-order valence-electron chi connectivity index (χ2n) is 11.3. The van der Waals surface area contributed by atoms with E-state index < -0.39 is 54.4 Å². The van der Waals surface area contributed by atoms with Crippen LogP contribution in [0, 0.1) is 12.3 Å². The Labute approximate surface area is 313 Å². The van der Waals surface area contributed by atoms with Crippen LogP contribution in [0.4, 0.5) is 45.3 Å². The van der Waals surface area contributed by atoms with E-state index in [1.165, 1.54) is 13.4 Å². The molecule has 4 rings (SSSR count). The van der Waals surface area contributed by atoms with Gasteiger partial charge < -0.3 is 46.7 Å². The Bertz CT molecular complexity index is 1800. The van der Waals surface area contributed by atoms with Gasteiger partial charge >= 0.3 is 42.4 Å². The molecule has 3 atom stereocenters. The number of esters is 1. The van der Waals surface area contributed by atoms with Gasteiger partial charge in [0.2, 0.25) is 5.82 Å². The number of carboxylic acids is 3. The number of aryl methyl sites for hydroxylation is 1. The fraction of sp³-hybridized carbons (Fsp3) is 0.433. The third-order valence-electron chi connectivity index (χ3n) is 6.97. The Morgan fingerprint density at radius 1 is 0.912 bits per heavy atom. The monoisotopic (exact) mass is 835 g/mol. The summed E-state index contributed by atoms with van der Waals surface area (Å²) in [5, 5.41) is 39.0. The third kappa shape index (κ3) is 17.3. The number of rotatable bonds is 8. The van der Waals surface area contributed by atoms with Crippen molar-refractivity contribution in [2.75, 3.05) is 12.4 Å². The molecule has 18 nitrogen and oxygen atoms in total. The van der Waals surface area contributed by atoms with E-state index in [9.17, 15) is 49.1 Å². The summed E-state index contributed by atoms with van der Waals surface area (Å²) in [6, 6.07) is 4.67. The molecule has 27 heteroatoms. The number of aliphatic carboxylic acids is 3. The van der Waals surface area contributed by atoms with E-state index in [1.54, 1.807) is 6.20 Å². The number of H-pyrrole nitrogens is 1. The van der Waals surface area contributed by atoms with E-state index in [0.717, 1.165) is 36.6 Å². The van der Waals surface area contributed by atoms with Crippen molar-refractivity contribution < 1.29 is 83.5 Å². The lowest BCUT2D eigenvalue weighted by molar-refractivity contribution is -0.193. The van der Waals surface area contributed by atoms with Crippen molar-refractivity contribution in [1.82, 2.24) is 30.6 Å². The minimum Gasteiger partial charge on any atom is -0.475 e. The number of carbonyl (C=O) groups is 5. The predicted octanol–water partition coefficient (Wildman–Crippen LogP) is 3.28. The normalized spacial score (nSPS) is 15.7. The molecular formula is C30H34F9N9O9.